The molecule has 25 heavy (non-hydrogen) atoms. The molecule has 0 fully saturated rings. The highest BCUT2D eigenvalue weighted by molar-refractivity contribution is 5.92. The van der Waals surface area contributed by atoms with Gasteiger partial charge in [0.1, 0.15) is 11.6 Å². The fourth-order valence-corrected chi connectivity index (χ4v) is 3.06. The number of hydrogen-bond donors (Lipinski definition) is 0. The number of benzene rings is 3. The molecule has 4 heteroatoms. The minimum atomic E-state index is -0.112. The van der Waals surface area contributed by atoms with Gasteiger partial charge < -0.3 is 4.74 Å². The Morgan fingerprint density at radius 1 is 1.00 bits per heavy atom. The van der Waals surface area contributed by atoms with Gasteiger partial charge in [0.2, 0.25) is 0 Å². The van der Waals surface area contributed by atoms with Crippen LogP contribution in [0.1, 0.15) is 17.5 Å². The third-order valence-electron chi connectivity index (χ3n) is 4.28. The van der Waals surface area contributed by atoms with Gasteiger partial charge in [-0.25, -0.2) is 4.98 Å². The van der Waals surface area contributed by atoms with Crippen molar-refractivity contribution in [2.45, 2.75) is 13.3 Å². The Kier molecular flexibility index (Phi) is 3.94. The normalized spacial score (nSPS) is 11.1. The van der Waals surface area contributed by atoms with Crippen molar-refractivity contribution in [2.75, 3.05) is 6.61 Å². The molecule has 0 aliphatic heterocycles. The monoisotopic (exact) mass is 330 g/mol. The predicted octanol–water partition coefficient (Wildman–Crippen LogP) is 4.47. The molecule has 0 atom stereocenters. The Hall–Kier alpha value is -3.14. The van der Waals surface area contributed by atoms with Crippen LogP contribution in [0, 0.1) is 0 Å². The van der Waals surface area contributed by atoms with Crippen LogP contribution in [-0.2, 0) is 6.42 Å². The zero-order valence-corrected chi connectivity index (χ0v) is 14.0. The van der Waals surface area contributed by atoms with Crippen LogP contribution < -0.4 is 4.74 Å². The number of aryl methyl sites for hydroxylation is 1. The number of imidazole rings is 1. The summed E-state index contributed by atoms with van der Waals surface area (Å²) in [7, 11) is 0. The Bertz CT molecular complexity index is 1070. The van der Waals surface area contributed by atoms with Crippen molar-refractivity contribution in [3.63, 3.8) is 0 Å². The van der Waals surface area contributed by atoms with E-state index in [2.05, 4.69) is 11.1 Å². The molecular weight excluding hydrogens is 312 g/mol. The molecule has 3 aromatic carbocycles. The molecule has 0 saturated heterocycles. The lowest BCUT2D eigenvalue weighted by Gasteiger charge is -2.09. The van der Waals surface area contributed by atoms with Crippen LogP contribution in [0.5, 0.6) is 5.75 Å². The van der Waals surface area contributed by atoms with Gasteiger partial charge in [0, 0.05) is 6.42 Å². The van der Waals surface area contributed by atoms with Gasteiger partial charge in [-0.3, -0.25) is 9.36 Å². The van der Waals surface area contributed by atoms with Crippen molar-refractivity contribution < 1.29 is 9.53 Å². The maximum absolute atomic E-state index is 12.7. The first-order valence-electron chi connectivity index (χ1n) is 8.37. The van der Waals surface area contributed by atoms with Crippen molar-refractivity contribution in [3.05, 3.63) is 72.6 Å². The number of fused-ring (bicyclic) bond motifs is 2. The molecule has 0 unspecified atom stereocenters. The molecule has 0 spiro atoms. The summed E-state index contributed by atoms with van der Waals surface area (Å²) in [5.41, 5.74) is 1.66. The third-order valence-corrected chi connectivity index (χ3v) is 4.28. The van der Waals surface area contributed by atoms with Crippen LogP contribution in [0.15, 0.2) is 66.7 Å². The zero-order chi connectivity index (χ0) is 17.2. The number of ether oxygens (including phenoxy) is 1. The van der Waals surface area contributed by atoms with Crippen LogP contribution in [0.2, 0.25) is 0 Å². The summed E-state index contributed by atoms with van der Waals surface area (Å²) in [6.07, 6.45) is 0.691. The fraction of sp³-hybridized carbons (Fsp3) is 0.143. The smallest absolute Gasteiger partial charge is 0.270 e. The van der Waals surface area contributed by atoms with E-state index in [0.29, 0.717) is 12.2 Å². The van der Waals surface area contributed by atoms with Crippen LogP contribution in [0.3, 0.4) is 0 Å². The summed E-state index contributed by atoms with van der Waals surface area (Å²) in [4.78, 5) is 17.3. The molecule has 0 aliphatic carbocycles. The summed E-state index contributed by atoms with van der Waals surface area (Å²) in [6, 6.07) is 21.6. The second-order valence-corrected chi connectivity index (χ2v) is 5.90. The van der Waals surface area contributed by atoms with E-state index in [1.54, 1.807) is 4.57 Å². The van der Waals surface area contributed by atoms with E-state index in [9.17, 15) is 4.79 Å². The van der Waals surface area contributed by atoms with Crippen molar-refractivity contribution in [3.8, 4) is 5.75 Å². The fourth-order valence-electron chi connectivity index (χ4n) is 3.06. The van der Waals surface area contributed by atoms with Gasteiger partial charge in [0.05, 0.1) is 11.0 Å². The zero-order valence-electron chi connectivity index (χ0n) is 14.0. The average Bonchev–Trinajstić information content (AvgIpc) is 3.04. The number of carbonyl (C=O) groups is 1. The summed E-state index contributed by atoms with van der Waals surface area (Å²) in [6.45, 7) is 1.97. The number of aromatic nitrogens is 2. The Morgan fingerprint density at radius 3 is 2.60 bits per heavy atom. The second kappa shape index (κ2) is 6.40. The number of para-hydroxylation sites is 2. The van der Waals surface area contributed by atoms with Gasteiger partial charge in [-0.1, -0.05) is 49.4 Å². The van der Waals surface area contributed by atoms with Gasteiger partial charge in [0.15, 0.2) is 6.61 Å². The maximum atomic E-state index is 12.7. The predicted molar refractivity (Wildman–Crippen MR) is 99.2 cm³/mol. The van der Waals surface area contributed by atoms with Crippen molar-refractivity contribution in [1.29, 1.82) is 0 Å². The molecule has 4 nitrogen and oxygen atoms in total. The standard InChI is InChI=1S/C21H18N2O2/c1-2-20-22-18-9-5-6-10-19(18)23(20)21(24)14-25-17-12-11-15-7-3-4-8-16(15)13-17/h3-13H,2,14H2,1H3. The van der Waals surface area contributed by atoms with Gasteiger partial charge >= 0.3 is 0 Å². The van der Waals surface area contributed by atoms with Crippen LogP contribution >= 0.6 is 0 Å². The molecule has 0 bridgehead atoms. The second-order valence-electron chi connectivity index (χ2n) is 5.90. The lowest BCUT2D eigenvalue weighted by atomic mass is 10.1. The average molecular weight is 330 g/mol. The SMILES string of the molecule is CCc1nc2ccccc2n1C(=O)COc1ccc2ccccc2c1. The number of rotatable bonds is 4. The summed E-state index contributed by atoms with van der Waals surface area (Å²) in [5.74, 6) is 1.33. The molecule has 4 rings (SSSR count). The molecule has 0 amide bonds. The minimum Gasteiger partial charge on any atom is -0.484 e. The molecule has 1 aromatic heterocycles. The lowest BCUT2D eigenvalue weighted by Crippen LogP contribution is -2.21. The van der Waals surface area contributed by atoms with E-state index in [-0.39, 0.29) is 12.5 Å². The molecule has 0 aliphatic rings. The van der Waals surface area contributed by atoms with Crippen molar-refractivity contribution in [1.82, 2.24) is 9.55 Å². The third kappa shape index (κ3) is 2.87. The lowest BCUT2D eigenvalue weighted by molar-refractivity contribution is 0.0839. The molecule has 0 N–H and O–H groups in total. The van der Waals surface area contributed by atoms with Crippen LogP contribution in [0.25, 0.3) is 21.8 Å². The molecular formula is C21H18N2O2. The number of carbonyl (C=O) groups excluding carboxylic acids is 1. The highest BCUT2D eigenvalue weighted by Gasteiger charge is 2.16. The largest absolute Gasteiger partial charge is 0.484 e. The van der Waals surface area contributed by atoms with Gasteiger partial charge in [-0.15, -0.1) is 0 Å². The van der Waals surface area contributed by atoms with E-state index in [4.69, 9.17) is 4.74 Å². The van der Waals surface area contributed by atoms with E-state index >= 15 is 0 Å². The van der Waals surface area contributed by atoms with Crippen molar-refractivity contribution >= 4 is 27.7 Å². The first kappa shape index (κ1) is 15.4. The first-order valence-corrected chi connectivity index (χ1v) is 8.37. The topological polar surface area (TPSA) is 44.1 Å². The van der Waals surface area contributed by atoms with Crippen molar-refractivity contribution in [2.24, 2.45) is 0 Å². The van der Waals surface area contributed by atoms with Gasteiger partial charge in [-0.2, -0.15) is 0 Å². The molecule has 0 saturated carbocycles. The first-order chi connectivity index (χ1) is 12.3. The maximum Gasteiger partial charge on any atom is 0.270 e. The van der Waals surface area contributed by atoms with E-state index < -0.39 is 0 Å². The molecule has 0 radical (unpaired) electrons. The highest BCUT2D eigenvalue weighted by atomic mass is 16.5. The summed E-state index contributed by atoms with van der Waals surface area (Å²) in [5, 5.41) is 2.24. The Morgan fingerprint density at radius 2 is 1.76 bits per heavy atom. The van der Waals surface area contributed by atoms with Gasteiger partial charge in [0.25, 0.3) is 5.91 Å². The number of nitrogens with zero attached hydrogens (tertiary/aromatic N) is 2. The van der Waals surface area contributed by atoms with E-state index in [1.807, 2.05) is 67.6 Å². The molecule has 1 heterocycles. The summed E-state index contributed by atoms with van der Waals surface area (Å²) < 4.78 is 7.41. The van der Waals surface area contributed by atoms with E-state index in [0.717, 1.165) is 27.6 Å². The van der Waals surface area contributed by atoms with E-state index in [1.165, 1.54) is 0 Å². The Labute approximate surface area is 145 Å². The van der Waals surface area contributed by atoms with Gasteiger partial charge in [-0.05, 0) is 35.0 Å². The summed E-state index contributed by atoms with van der Waals surface area (Å²) >= 11 is 0. The quantitative estimate of drug-likeness (QED) is 0.554. The molecule has 4 aromatic rings. The Balaban J connectivity index is 1.59. The van der Waals surface area contributed by atoms with Crippen LogP contribution in [-0.4, -0.2) is 22.1 Å². The number of hydrogen-bond acceptors (Lipinski definition) is 3. The minimum absolute atomic E-state index is 0.0221. The molecule has 124 valence electrons. The highest BCUT2D eigenvalue weighted by Crippen LogP contribution is 2.21. The van der Waals surface area contributed by atoms with Crippen LogP contribution in [0.4, 0.5) is 0 Å².